The minimum absolute atomic E-state index is 0. The molecule has 0 saturated carbocycles. The van der Waals surface area contributed by atoms with Gasteiger partial charge in [-0.1, -0.05) is 0 Å². The first-order valence-corrected chi connectivity index (χ1v) is 3.56. The van der Waals surface area contributed by atoms with Crippen molar-refractivity contribution in [3.8, 4) is 5.75 Å². The summed E-state index contributed by atoms with van der Waals surface area (Å²) in [5.41, 5.74) is 1.47. The van der Waals surface area contributed by atoms with Crippen molar-refractivity contribution in [3.63, 3.8) is 0 Å². The molecule has 2 N–H and O–H groups in total. The van der Waals surface area contributed by atoms with Crippen LogP contribution in [0.25, 0.3) is 0 Å². The van der Waals surface area contributed by atoms with Crippen molar-refractivity contribution >= 4 is 5.97 Å². The van der Waals surface area contributed by atoms with Crippen molar-refractivity contribution in [3.05, 3.63) is 28.8 Å². The Labute approximate surface area is 121 Å². The van der Waals surface area contributed by atoms with Crippen LogP contribution >= 0.6 is 0 Å². The molecule has 0 saturated heterocycles. The summed E-state index contributed by atoms with van der Waals surface area (Å²) in [5, 5.41) is 17.9. The maximum absolute atomic E-state index is 10.6. The molecular weight excluding hydrogens is 195 g/mol. The molecule has 13 heavy (non-hydrogen) atoms. The fourth-order valence-electron chi connectivity index (χ4n) is 1.04. The molecule has 1 rings (SSSR count). The van der Waals surface area contributed by atoms with Crippen LogP contribution in [-0.2, 0) is 0 Å². The number of hydrogen-bond donors (Lipinski definition) is 2. The SMILES string of the molecule is Cc1c(O)ccc(C(=O)O)c1C.[H-].[K+]. The minimum atomic E-state index is -0.962. The van der Waals surface area contributed by atoms with Crippen LogP contribution in [-0.4, -0.2) is 16.2 Å². The predicted molar refractivity (Wildman–Crippen MR) is 45.7 cm³/mol. The molecule has 0 spiro atoms. The standard InChI is InChI=1S/C9H10O3.K.H/c1-5-6(2)8(10)4-3-7(5)9(11)12;;/h3-4,10H,1-2H3,(H,11,12);;/q;+1;-1. The first-order valence-electron chi connectivity index (χ1n) is 3.56. The van der Waals surface area contributed by atoms with Crippen LogP contribution < -0.4 is 51.4 Å². The minimum Gasteiger partial charge on any atom is -1.00 e. The zero-order chi connectivity index (χ0) is 9.30. The Kier molecular flexibility index (Phi) is 5.17. The number of benzene rings is 1. The Bertz CT molecular complexity index is 339. The summed E-state index contributed by atoms with van der Waals surface area (Å²) in [7, 11) is 0. The van der Waals surface area contributed by atoms with Gasteiger partial charge in [-0.25, -0.2) is 4.79 Å². The largest absolute Gasteiger partial charge is 1.00 e. The zero-order valence-electron chi connectivity index (χ0n) is 8.96. The van der Waals surface area contributed by atoms with Crippen molar-refractivity contribution in [2.75, 3.05) is 0 Å². The van der Waals surface area contributed by atoms with Gasteiger partial charge in [0.1, 0.15) is 5.75 Å². The van der Waals surface area contributed by atoms with E-state index in [4.69, 9.17) is 5.11 Å². The average molecular weight is 206 g/mol. The first-order chi connectivity index (χ1) is 5.54. The van der Waals surface area contributed by atoms with Crippen molar-refractivity contribution in [2.24, 2.45) is 0 Å². The molecule has 1 aromatic carbocycles. The Balaban J connectivity index is 0. The van der Waals surface area contributed by atoms with Gasteiger partial charge in [0.05, 0.1) is 5.56 Å². The number of hydrogen-bond acceptors (Lipinski definition) is 2. The smallest absolute Gasteiger partial charge is 1.00 e. The van der Waals surface area contributed by atoms with Gasteiger partial charge in [-0.3, -0.25) is 0 Å². The number of aromatic carboxylic acids is 1. The van der Waals surface area contributed by atoms with Gasteiger partial charge in [0.25, 0.3) is 0 Å². The van der Waals surface area contributed by atoms with Gasteiger partial charge in [0.2, 0.25) is 0 Å². The molecule has 0 atom stereocenters. The molecule has 3 nitrogen and oxygen atoms in total. The molecule has 0 radical (unpaired) electrons. The molecule has 0 aliphatic carbocycles. The number of phenols is 1. The van der Waals surface area contributed by atoms with E-state index in [1.165, 1.54) is 12.1 Å². The Hall–Kier alpha value is 0.126. The van der Waals surface area contributed by atoms with E-state index in [2.05, 4.69) is 0 Å². The summed E-state index contributed by atoms with van der Waals surface area (Å²) < 4.78 is 0. The van der Waals surface area contributed by atoms with Crippen LogP contribution in [0.2, 0.25) is 0 Å². The van der Waals surface area contributed by atoms with Crippen LogP contribution in [0.5, 0.6) is 5.75 Å². The van der Waals surface area contributed by atoms with E-state index in [9.17, 15) is 9.90 Å². The van der Waals surface area contributed by atoms with Gasteiger partial charge in [0, 0.05) is 0 Å². The fourth-order valence-corrected chi connectivity index (χ4v) is 1.04. The quantitative estimate of drug-likeness (QED) is 0.569. The topological polar surface area (TPSA) is 57.5 Å². The van der Waals surface area contributed by atoms with Crippen molar-refractivity contribution in [2.45, 2.75) is 13.8 Å². The summed E-state index contributed by atoms with van der Waals surface area (Å²) in [4.78, 5) is 10.6. The van der Waals surface area contributed by atoms with Crippen LogP contribution in [0.1, 0.15) is 22.9 Å². The second kappa shape index (κ2) is 5.12. The normalized spacial score (nSPS) is 9.08. The molecule has 4 heteroatoms. The number of phenolic OH excluding ortho intramolecular Hbond substituents is 1. The van der Waals surface area contributed by atoms with E-state index in [0.29, 0.717) is 11.1 Å². The Morgan fingerprint density at radius 2 is 1.85 bits per heavy atom. The van der Waals surface area contributed by atoms with E-state index in [1.807, 2.05) is 0 Å². The van der Waals surface area contributed by atoms with Crippen molar-refractivity contribution in [1.82, 2.24) is 0 Å². The van der Waals surface area contributed by atoms with E-state index in [-0.39, 0.29) is 64.1 Å². The molecule has 0 heterocycles. The number of carbonyl (C=O) groups is 1. The average Bonchev–Trinajstić information content (AvgIpc) is 2.00. The van der Waals surface area contributed by atoms with Gasteiger partial charge >= 0.3 is 57.4 Å². The van der Waals surface area contributed by atoms with Crippen LogP contribution in [0.15, 0.2) is 12.1 Å². The van der Waals surface area contributed by atoms with Gasteiger partial charge < -0.3 is 11.6 Å². The van der Waals surface area contributed by atoms with E-state index in [1.54, 1.807) is 13.8 Å². The predicted octanol–water partition coefficient (Wildman–Crippen LogP) is -1.18. The fraction of sp³-hybridized carbons (Fsp3) is 0.222. The van der Waals surface area contributed by atoms with E-state index >= 15 is 0 Å². The maximum Gasteiger partial charge on any atom is 1.00 e. The first kappa shape index (κ1) is 13.1. The molecule has 0 aliphatic heterocycles. The van der Waals surface area contributed by atoms with E-state index < -0.39 is 5.97 Å². The van der Waals surface area contributed by atoms with E-state index in [0.717, 1.165) is 0 Å². The zero-order valence-corrected chi connectivity index (χ0v) is 11.1. The summed E-state index contributed by atoms with van der Waals surface area (Å²) in [6, 6.07) is 2.80. The van der Waals surface area contributed by atoms with Crippen molar-refractivity contribution in [1.29, 1.82) is 0 Å². The number of carboxylic acid groups (broad SMARTS) is 1. The number of aromatic hydroxyl groups is 1. The molecule has 0 unspecified atom stereocenters. The van der Waals surface area contributed by atoms with Gasteiger partial charge in [0.15, 0.2) is 0 Å². The van der Waals surface area contributed by atoms with Gasteiger partial charge in [-0.15, -0.1) is 0 Å². The van der Waals surface area contributed by atoms with Crippen molar-refractivity contribution < 1.29 is 67.8 Å². The molecule has 0 aromatic heterocycles. The third kappa shape index (κ3) is 2.79. The summed E-state index contributed by atoms with van der Waals surface area (Å²) >= 11 is 0. The second-order valence-electron chi connectivity index (χ2n) is 2.69. The van der Waals surface area contributed by atoms with Gasteiger partial charge in [-0.05, 0) is 37.1 Å². The Morgan fingerprint density at radius 1 is 1.31 bits per heavy atom. The maximum atomic E-state index is 10.6. The third-order valence-corrected chi connectivity index (χ3v) is 1.99. The van der Waals surface area contributed by atoms with Crippen LogP contribution in [0.4, 0.5) is 0 Å². The molecule has 1 aromatic rings. The molecule has 0 fully saturated rings. The number of rotatable bonds is 1. The summed E-state index contributed by atoms with van der Waals surface area (Å²) in [5.74, 6) is -0.826. The summed E-state index contributed by atoms with van der Waals surface area (Å²) in [6.07, 6.45) is 0. The molecule has 0 aliphatic rings. The Morgan fingerprint density at radius 3 is 2.31 bits per heavy atom. The van der Waals surface area contributed by atoms with Crippen LogP contribution in [0.3, 0.4) is 0 Å². The molecule has 0 bridgehead atoms. The van der Waals surface area contributed by atoms with Crippen LogP contribution in [0, 0.1) is 13.8 Å². The molecule has 0 amide bonds. The second-order valence-corrected chi connectivity index (χ2v) is 2.69. The number of carboxylic acids is 1. The third-order valence-electron chi connectivity index (χ3n) is 1.99. The van der Waals surface area contributed by atoms with Gasteiger partial charge in [-0.2, -0.15) is 0 Å². The molecular formula is C9H11KO3. The molecule has 66 valence electrons. The monoisotopic (exact) mass is 206 g/mol. The summed E-state index contributed by atoms with van der Waals surface area (Å²) in [6.45, 7) is 3.37.